The largest absolute Gasteiger partial charge is 0.480 e. The molecule has 3 aliphatic heterocycles. The van der Waals surface area contributed by atoms with Crippen molar-refractivity contribution in [2.45, 2.75) is 57.6 Å². The highest BCUT2D eigenvalue weighted by Crippen LogP contribution is 2.52. The van der Waals surface area contributed by atoms with E-state index in [-0.39, 0.29) is 41.4 Å². The number of amides is 2. The summed E-state index contributed by atoms with van der Waals surface area (Å²) in [7, 11) is 0. The zero-order chi connectivity index (χ0) is 20.2. The van der Waals surface area contributed by atoms with Crippen LogP contribution in [0.25, 0.3) is 0 Å². The van der Waals surface area contributed by atoms with Gasteiger partial charge in [0, 0.05) is 36.5 Å². The minimum absolute atomic E-state index is 0.124. The number of nitrogens with zero attached hydrogens (tertiary/aromatic N) is 2. The van der Waals surface area contributed by atoms with Crippen LogP contribution < -0.4 is 0 Å². The molecule has 3 heterocycles. The van der Waals surface area contributed by atoms with Gasteiger partial charge in [0.2, 0.25) is 11.8 Å². The smallest absolute Gasteiger partial charge is 0.326 e. The zero-order valence-electron chi connectivity index (χ0n) is 15.7. The van der Waals surface area contributed by atoms with Gasteiger partial charge in [0.05, 0.1) is 23.8 Å². The number of aliphatic hydroxyl groups is 1. The number of carboxylic acid groups (broad SMARTS) is 1. The quantitative estimate of drug-likeness (QED) is 0.648. The van der Waals surface area contributed by atoms with Gasteiger partial charge in [0.25, 0.3) is 0 Å². The summed E-state index contributed by atoms with van der Waals surface area (Å²) in [4.78, 5) is 51.5. The maximum atomic E-state index is 12.5. The van der Waals surface area contributed by atoms with E-state index in [1.165, 1.54) is 35.4 Å². The number of aliphatic hydroxyl groups excluding tert-OH is 1. The summed E-state index contributed by atoms with van der Waals surface area (Å²) in [6.07, 6.45) is -0.505. The molecule has 3 aliphatic rings. The van der Waals surface area contributed by atoms with Crippen LogP contribution in [-0.2, 0) is 19.2 Å². The first-order chi connectivity index (χ1) is 12.6. The summed E-state index contributed by atoms with van der Waals surface area (Å²) >= 11 is 1.39. The summed E-state index contributed by atoms with van der Waals surface area (Å²) in [5.74, 6) is -2.46. The fourth-order valence-electron chi connectivity index (χ4n) is 4.46. The van der Waals surface area contributed by atoms with Gasteiger partial charge in [-0.15, -0.1) is 11.8 Å². The fraction of sp³-hybridized carbons (Fsp3) is 0.667. The highest BCUT2D eigenvalue weighted by molar-refractivity contribution is 8.03. The van der Waals surface area contributed by atoms with Crippen molar-refractivity contribution in [2.24, 2.45) is 11.8 Å². The minimum Gasteiger partial charge on any atom is -0.480 e. The van der Waals surface area contributed by atoms with Crippen LogP contribution in [0.3, 0.4) is 0 Å². The third-order valence-electron chi connectivity index (χ3n) is 5.69. The predicted molar refractivity (Wildman–Crippen MR) is 97.5 cm³/mol. The number of aliphatic carboxylic acids is 1. The third kappa shape index (κ3) is 3.06. The van der Waals surface area contributed by atoms with Gasteiger partial charge in [-0.05, 0) is 13.3 Å². The molecule has 6 unspecified atom stereocenters. The second kappa shape index (κ2) is 6.94. The second-order valence-corrected chi connectivity index (χ2v) is 8.87. The summed E-state index contributed by atoms with van der Waals surface area (Å²) < 4.78 is 0. The van der Waals surface area contributed by atoms with Gasteiger partial charge < -0.3 is 20.0 Å². The molecule has 2 N–H and O–H groups in total. The Hall–Kier alpha value is -1.87. The van der Waals surface area contributed by atoms with Crippen molar-refractivity contribution in [1.82, 2.24) is 9.80 Å². The number of fused-ring (bicyclic) bond motifs is 1. The van der Waals surface area contributed by atoms with E-state index in [1.807, 2.05) is 6.92 Å². The standard InChI is InChI=1S/C18H24N2O6S/c1-7-14-13(8(2)21)17(24)20(14)15(9(3)22)16(7)27-11-5-12(18(25)26)19(6-11)10(4)23/h7-8,11-14,21H,5-6H2,1-4H3,(H,25,26). The summed E-state index contributed by atoms with van der Waals surface area (Å²) in [6, 6.07) is -1.12. The molecule has 0 radical (unpaired) electrons. The van der Waals surface area contributed by atoms with E-state index in [0.29, 0.717) is 12.1 Å². The molecule has 6 atom stereocenters. The minimum atomic E-state index is -1.04. The van der Waals surface area contributed by atoms with Gasteiger partial charge in [-0.3, -0.25) is 14.4 Å². The number of rotatable bonds is 5. The second-order valence-electron chi connectivity index (χ2n) is 7.52. The van der Waals surface area contributed by atoms with E-state index in [2.05, 4.69) is 0 Å². The molecule has 2 amide bonds. The van der Waals surface area contributed by atoms with Crippen molar-refractivity contribution in [3.8, 4) is 0 Å². The lowest BCUT2D eigenvalue weighted by molar-refractivity contribution is -0.161. The van der Waals surface area contributed by atoms with Crippen LogP contribution in [0.4, 0.5) is 0 Å². The van der Waals surface area contributed by atoms with E-state index in [1.54, 1.807) is 6.92 Å². The average Bonchev–Trinajstić information content (AvgIpc) is 3.07. The SMILES string of the molecule is CC(=O)C1=C(SC2CC(C(=O)O)N(C(C)=O)C2)C(C)C2C(C(C)O)C(=O)N12. The van der Waals surface area contributed by atoms with E-state index in [0.717, 1.165) is 4.91 Å². The maximum absolute atomic E-state index is 12.5. The zero-order valence-corrected chi connectivity index (χ0v) is 16.5. The molecule has 8 nitrogen and oxygen atoms in total. The van der Waals surface area contributed by atoms with Crippen molar-refractivity contribution < 1.29 is 29.4 Å². The van der Waals surface area contributed by atoms with Gasteiger partial charge >= 0.3 is 5.97 Å². The van der Waals surface area contributed by atoms with Crippen molar-refractivity contribution in [1.29, 1.82) is 0 Å². The molecule has 0 aromatic heterocycles. The molecule has 9 heteroatoms. The average molecular weight is 396 g/mol. The van der Waals surface area contributed by atoms with Crippen LogP contribution in [0.2, 0.25) is 0 Å². The lowest BCUT2D eigenvalue weighted by Gasteiger charge is -2.46. The molecule has 0 aromatic rings. The number of Topliss-reactive ketones (excluding diaryl/α,β-unsaturated/α-hetero) is 1. The molecule has 2 fully saturated rings. The molecule has 0 aromatic carbocycles. The van der Waals surface area contributed by atoms with Gasteiger partial charge in [-0.25, -0.2) is 4.79 Å². The summed E-state index contributed by atoms with van der Waals surface area (Å²) in [5.41, 5.74) is 0.354. The summed E-state index contributed by atoms with van der Waals surface area (Å²) in [5, 5.41) is 19.1. The highest BCUT2D eigenvalue weighted by Gasteiger charge is 2.59. The van der Waals surface area contributed by atoms with Gasteiger partial charge in [0.15, 0.2) is 5.78 Å². The molecular formula is C18H24N2O6S. The molecule has 0 bridgehead atoms. The van der Waals surface area contributed by atoms with Crippen molar-refractivity contribution in [3.05, 3.63) is 10.6 Å². The molecular weight excluding hydrogens is 372 g/mol. The first kappa shape index (κ1) is 19.9. The van der Waals surface area contributed by atoms with Gasteiger partial charge in [-0.2, -0.15) is 0 Å². The number of ketones is 1. The first-order valence-corrected chi connectivity index (χ1v) is 9.87. The Morgan fingerprint density at radius 1 is 1.26 bits per heavy atom. The Morgan fingerprint density at radius 3 is 2.33 bits per heavy atom. The first-order valence-electron chi connectivity index (χ1n) is 8.99. The molecule has 0 saturated carbocycles. The highest BCUT2D eigenvalue weighted by atomic mass is 32.2. The Labute approximate surface area is 161 Å². The van der Waals surface area contributed by atoms with Crippen molar-refractivity contribution in [2.75, 3.05) is 6.54 Å². The fourth-order valence-corrected chi connectivity index (χ4v) is 6.04. The topological polar surface area (TPSA) is 115 Å². The predicted octanol–water partition coefficient (Wildman–Crippen LogP) is 0.452. The van der Waals surface area contributed by atoms with Crippen LogP contribution >= 0.6 is 11.8 Å². The summed E-state index contributed by atoms with van der Waals surface area (Å²) in [6.45, 7) is 6.54. The maximum Gasteiger partial charge on any atom is 0.326 e. The Balaban J connectivity index is 1.86. The normalized spacial score (nSPS) is 33.8. The Kier molecular flexibility index (Phi) is 5.11. The molecule has 0 spiro atoms. The molecule has 0 aliphatic carbocycles. The van der Waals surface area contributed by atoms with Crippen LogP contribution in [0, 0.1) is 11.8 Å². The lowest BCUT2D eigenvalue weighted by Crippen LogP contribution is -2.63. The molecule has 3 rings (SSSR count). The van der Waals surface area contributed by atoms with Crippen molar-refractivity contribution >= 4 is 35.3 Å². The van der Waals surface area contributed by atoms with Gasteiger partial charge in [-0.1, -0.05) is 6.92 Å². The number of carboxylic acids is 1. The third-order valence-corrected chi connectivity index (χ3v) is 7.18. The van der Waals surface area contributed by atoms with E-state index >= 15 is 0 Å². The number of carbonyl (C=O) groups is 4. The molecule has 27 heavy (non-hydrogen) atoms. The van der Waals surface area contributed by atoms with E-state index in [9.17, 15) is 29.4 Å². The van der Waals surface area contributed by atoms with E-state index < -0.39 is 24.0 Å². The lowest BCUT2D eigenvalue weighted by atomic mass is 9.79. The monoisotopic (exact) mass is 396 g/mol. The number of hydrogen-bond acceptors (Lipinski definition) is 6. The van der Waals surface area contributed by atoms with E-state index in [4.69, 9.17) is 0 Å². The van der Waals surface area contributed by atoms with Crippen LogP contribution in [0.15, 0.2) is 10.6 Å². The number of thioether (sulfide) groups is 1. The number of likely N-dealkylation sites (tertiary alicyclic amines) is 1. The Morgan fingerprint density at radius 2 is 1.89 bits per heavy atom. The Bertz CT molecular complexity index is 726. The van der Waals surface area contributed by atoms with Crippen LogP contribution in [-0.4, -0.2) is 73.6 Å². The molecule has 2 saturated heterocycles. The number of allylic oxidation sites excluding steroid dienone is 1. The number of carbonyl (C=O) groups excluding carboxylic acids is 3. The van der Waals surface area contributed by atoms with Gasteiger partial charge in [0.1, 0.15) is 6.04 Å². The molecule has 148 valence electrons. The van der Waals surface area contributed by atoms with Crippen molar-refractivity contribution in [3.63, 3.8) is 0 Å². The number of hydrogen-bond donors (Lipinski definition) is 2. The number of β-lactam (4-membered cyclic amide) rings is 1. The van der Waals surface area contributed by atoms with Crippen LogP contribution in [0.5, 0.6) is 0 Å². The van der Waals surface area contributed by atoms with Crippen LogP contribution in [0.1, 0.15) is 34.1 Å².